The lowest BCUT2D eigenvalue weighted by Gasteiger charge is -1.99. The zero-order valence-electron chi connectivity index (χ0n) is 5.16. The van der Waals surface area contributed by atoms with Gasteiger partial charge in [-0.2, -0.15) is 0 Å². The van der Waals surface area contributed by atoms with E-state index in [1.807, 2.05) is 0 Å². The summed E-state index contributed by atoms with van der Waals surface area (Å²) in [6, 6.07) is 0. The number of hydrogen-bond donors (Lipinski definition) is 1. The summed E-state index contributed by atoms with van der Waals surface area (Å²) < 4.78 is 4.56. The molecule has 10 heavy (non-hydrogen) atoms. The van der Waals surface area contributed by atoms with E-state index in [-0.39, 0.29) is 5.92 Å². The van der Waals surface area contributed by atoms with Gasteiger partial charge in [-0.3, -0.25) is 9.59 Å². The molecule has 4 nitrogen and oxygen atoms in total. The van der Waals surface area contributed by atoms with Crippen LogP contribution < -0.4 is 0 Å². The monoisotopic (exact) mass is 142 g/mol. The summed E-state index contributed by atoms with van der Waals surface area (Å²) in [6.07, 6.45) is 0.473. The van der Waals surface area contributed by atoms with E-state index in [1.165, 1.54) is 0 Å². The quantitative estimate of drug-likeness (QED) is 0.401. The van der Waals surface area contributed by atoms with E-state index in [9.17, 15) is 9.59 Å². The van der Waals surface area contributed by atoms with Gasteiger partial charge in [-0.15, -0.1) is 0 Å². The molecule has 0 bridgehead atoms. The maximum Gasteiger partial charge on any atom is 0.323 e. The molecule has 1 heterocycles. The van der Waals surface area contributed by atoms with Gasteiger partial charge in [0.2, 0.25) is 0 Å². The zero-order chi connectivity index (χ0) is 7.35. The molecule has 2 aliphatic rings. The summed E-state index contributed by atoms with van der Waals surface area (Å²) in [4.78, 5) is 21.3. The number of carbonyl (C=O) groups excluding carboxylic acids is 1. The molecular weight excluding hydrogens is 136 g/mol. The third-order valence-electron chi connectivity index (χ3n) is 2.27. The number of hydrogen-bond acceptors (Lipinski definition) is 3. The first kappa shape index (κ1) is 5.70. The molecule has 0 radical (unpaired) electrons. The second-order valence-electron chi connectivity index (χ2n) is 2.78. The summed E-state index contributed by atoms with van der Waals surface area (Å²) in [7, 11) is 0. The lowest BCUT2D eigenvalue weighted by atomic mass is 10.1. The topological polar surface area (TPSA) is 63.6 Å². The first-order chi connectivity index (χ1) is 4.68. The molecule has 2 atom stereocenters. The Morgan fingerprint density at radius 2 is 2.50 bits per heavy atom. The van der Waals surface area contributed by atoms with Crippen LogP contribution in [0.3, 0.4) is 0 Å². The fourth-order valence-corrected chi connectivity index (χ4v) is 1.44. The molecule has 1 aliphatic heterocycles. The summed E-state index contributed by atoms with van der Waals surface area (Å²) >= 11 is 0. The number of ether oxygens (including phenoxy) is 1. The summed E-state index contributed by atoms with van der Waals surface area (Å²) in [5.74, 6) is -1.62. The van der Waals surface area contributed by atoms with Gasteiger partial charge in [-0.25, -0.2) is 0 Å². The molecule has 54 valence electrons. The molecule has 2 fully saturated rings. The van der Waals surface area contributed by atoms with Crippen molar-refractivity contribution in [1.82, 2.24) is 0 Å². The SMILES string of the molecule is O=C(O)[C@@]12C[C@@H]1COC2=O. The van der Waals surface area contributed by atoms with Gasteiger partial charge in [0, 0.05) is 5.92 Å². The number of esters is 1. The smallest absolute Gasteiger partial charge is 0.323 e. The van der Waals surface area contributed by atoms with Gasteiger partial charge in [0.05, 0.1) is 6.61 Å². The van der Waals surface area contributed by atoms with Crippen LogP contribution in [-0.4, -0.2) is 23.7 Å². The Morgan fingerprint density at radius 1 is 1.80 bits per heavy atom. The van der Waals surface area contributed by atoms with Gasteiger partial charge in [-0.1, -0.05) is 0 Å². The van der Waals surface area contributed by atoms with E-state index >= 15 is 0 Å². The third-order valence-corrected chi connectivity index (χ3v) is 2.27. The van der Waals surface area contributed by atoms with E-state index in [0.717, 1.165) is 0 Å². The minimum absolute atomic E-state index is 0.0440. The molecule has 4 heteroatoms. The first-order valence-corrected chi connectivity index (χ1v) is 3.08. The van der Waals surface area contributed by atoms with Crippen LogP contribution in [0.15, 0.2) is 0 Å². The Balaban J connectivity index is 2.33. The molecule has 0 aromatic carbocycles. The van der Waals surface area contributed by atoms with Crippen molar-refractivity contribution in [1.29, 1.82) is 0 Å². The van der Waals surface area contributed by atoms with Crippen LogP contribution in [0.5, 0.6) is 0 Å². The van der Waals surface area contributed by atoms with Crippen LogP contribution in [0.4, 0.5) is 0 Å². The molecule has 0 aromatic rings. The Labute approximate surface area is 56.8 Å². The van der Waals surface area contributed by atoms with E-state index in [2.05, 4.69) is 4.74 Å². The Hall–Kier alpha value is -1.06. The average Bonchev–Trinajstić information content (AvgIpc) is 2.52. The van der Waals surface area contributed by atoms with E-state index in [0.29, 0.717) is 13.0 Å². The Kier molecular flexibility index (Phi) is 0.760. The Morgan fingerprint density at radius 3 is 2.70 bits per heavy atom. The number of rotatable bonds is 1. The van der Waals surface area contributed by atoms with Gasteiger partial charge in [-0.05, 0) is 6.42 Å². The maximum absolute atomic E-state index is 10.8. The Bertz CT molecular complexity index is 222. The van der Waals surface area contributed by atoms with E-state index < -0.39 is 17.4 Å². The number of cyclic esters (lactones) is 1. The number of carboxylic acid groups (broad SMARTS) is 1. The van der Waals surface area contributed by atoms with Crippen molar-refractivity contribution in [3.05, 3.63) is 0 Å². The van der Waals surface area contributed by atoms with Crippen LogP contribution in [0, 0.1) is 11.3 Å². The van der Waals surface area contributed by atoms with Crippen LogP contribution in [0.2, 0.25) is 0 Å². The minimum atomic E-state index is -1.12. The highest BCUT2D eigenvalue weighted by Gasteiger charge is 2.71. The van der Waals surface area contributed by atoms with Crippen molar-refractivity contribution >= 4 is 11.9 Å². The van der Waals surface area contributed by atoms with Gasteiger partial charge in [0.1, 0.15) is 0 Å². The van der Waals surface area contributed by atoms with Crippen molar-refractivity contribution in [2.24, 2.45) is 11.3 Å². The van der Waals surface area contributed by atoms with Crippen molar-refractivity contribution < 1.29 is 19.4 Å². The van der Waals surface area contributed by atoms with Crippen LogP contribution >= 0.6 is 0 Å². The van der Waals surface area contributed by atoms with Gasteiger partial charge in [0.25, 0.3) is 0 Å². The number of carboxylic acids is 1. The highest BCUT2D eigenvalue weighted by Crippen LogP contribution is 2.57. The van der Waals surface area contributed by atoms with E-state index in [4.69, 9.17) is 5.11 Å². The molecule has 0 spiro atoms. The second-order valence-corrected chi connectivity index (χ2v) is 2.78. The number of aliphatic carboxylic acids is 1. The molecule has 1 aliphatic carbocycles. The standard InChI is InChI=1S/C6H6O4/c7-4(8)6-1-3(6)2-10-5(6)9/h3H,1-2H2,(H,7,8)/t3-,6-/m1/s1. The summed E-state index contributed by atoms with van der Waals surface area (Å²) in [6.45, 7) is 0.297. The fraction of sp³-hybridized carbons (Fsp3) is 0.667. The normalized spacial score (nSPS) is 42.4. The zero-order valence-corrected chi connectivity index (χ0v) is 5.16. The van der Waals surface area contributed by atoms with Gasteiger partial charge < -0.3 is 9.84 Å². The summed E-state index contributed by atoms with van der Waals surface area (Å²) in [5, 5.41) is 8.58. The van der Waals surface area contributed by atoms with Crippen LogP contribution in [-0.2, 0) is 14.3 Å². The lowest BCUT2D eigenvalue weighted by Crippen LogP contribution is -2.23. The molecule has 0 amide bonds. The predicted molar refractivity (Wildman–Crippen MR) is 29.1 cm³/mol. The highest BCUT2D eigenvalue weighted by atomic mass is 16.5. The molecule has 2 rings (SSSR count). The van der Waals surface area contributed by atoms with Gasteiger partial charge >= 0.3 is 11.9 Å². The van der Waals surface area contributed by atoms with Gasteiger partial charge in [0.15, 0.2) is 5.41 Å². The van der Waals surface area contributed by atoms with Crippen molar-refractivity contribution in [3.63, 3.8) is 0 Å². The largest absolute Gasteiger partial charge is 0.480 e. The van der Waals surface area contributed by atoms with Crippen LogP contribution in [0.1, 0.15) is 6.42 Å². The van der Waals surface area contributed by atoms with Crippen LogP contribution in [0.25, 0.3) is 0 Å². The van der Waals surface area contributed by atoms with Crippen molar-refractivity contribution in [2.75, 3.05) is 6.61 Å². The highest BCUT2D eigenvalue weighted by molar-refractivity contribution is 6.04. The summed E-state index contributed by atoms with van der Waals surface area (Å²) in [5.41, 5.74) is -1.12. The maximum atomic E-state index is 10.8. The number of carbonyl (C=O) groups is 2. The number of fused-ring (bicyclic) bond motifs is 1. The first-order valence-electron chi connectivity index (χ1n) is 3.08. The van der Waals surface area contributed by atoms with Crippen molar-refractivity contribution in [2.45, 2.75) is 6.42 Å². The minimum Gasteiger partial charge on any atom is -0.480 e. The van der Waals surface area contributed by atoms with Crippen molar-refractivity contribution in [3.8, 4) is 0 Å². The molecular formula is C6H6O4. The van der Waals surface area contributed by atoms with E-state index in [1.54, 1.807) is 0 Å². The third kappa shape index (κ3) is 0.394. The second kappa shape index (κ2) is 1.33. The molecule has 1 N–H and O–H groups in total. The molecule has 0 unspecified atom stereocenters. The molecule has 0 aromatic heterocycles. The average molecular weight is 142 g/mol. The lowest BCUT2D eigenvalue weighted by molar-refractivity contribution is -0.156. The predicted octanol–water partition coefficient (Wildman–Crippen LogP) is -0.366. The fourth-order valence-electron chi connectivity index (χ4n) is 1.44. The molecule has 1 saturated carbocycles. The molecule has 1 saturated heterocycles.